The number of anilines is 1. The van der Waals surface area contributed by atoms with Crippen molar-refractivity contribution in [1.29, 1.82) is 0 Å². The summed E-state index contributed by atoms with van der Waals surface area (Å²) in [4.78, 5) is 24.0. The molecule has 1 fully saturated rings. The number of aryl methyl sites for hydroxylation is 1. The summed E-state index contributed by atoms with van der Waals surface area (Å²) < 4.78 is 7.91. The lowest BCUT2D eigenvalue weighted by Crippen LogP contribution is -2.35. The van der Waals surface area contributed by atoms with Crippen molar-refractivity contribution in [2.24, 2.45) is 23.4 Å². The number of nitrogens with zero attached hydrogens (tertiary/aromatic N) is 4. The smallest absolute Gasteiger partial charge is 0.302 e. The first-order valence-corrected chi connectivity index (χ1v) is 9.70. The van der Waals surface area contributed by atoms with E-state index in [1.54, 1.807) is 11.1 Å². The Hall–Kier alpha value is -3.41. The van der Waals surface area contributed by atoms with E-state index >= 15 is 0 Å². The highest BCUT2D eigenvalue weighted by atomic mass is 16.5. The zero-order valence-corrected chi connectivity index (χ0v) is 16.6. The maximum atomic E-state index is 13.1. The first-order chi connectivity index (χ1) is 14.0. The van der Waals surface area contributed by atoms with Crippen molar-refractivity contribution in [3.05, 3.63) is 60.7 Å². The SMILES string of the molecule is Cn1c(Oc2ccc(N3C(=O)C(C)(C)C4C=CC=NC43)cc2)nc2ccccc21. The number of hydrogen-bond donors (Lipinski definition) is 0. The quantitative estimate of drug-likeness (QED) is 0.673. The Kier molecular flexibility index (Phi) is 3.84. The van der Waals surface area contributed by atoms with E-state index in [0.29, 0.717) is 11.8 Å². The van der Waals surface area contributed by atoms with Crippen LogP contribution in [-0.2, 0) is 11.8 Å². The Labute approximate surface area is 169 Å². The number of aromatic nitrogens is 2. The number of hydrogen-bond acceptors (Lipinski definition) is 4. The van der Waals surface area contributed by atoms with Gasteiger partial charge in [-0.05, 0) is 42.5 Å². The Bertz CT molecular complexity index is 1160. The van der Waals surface area contributed by atoms with Crippen LogP contribution in [0.4, 0.5) is 5.69 Å². The molecule has 2 unspecified atom stereocenters. The maximum Gasteiger partial charge on any atom is 0.302 e. The summed E-state index contributed by atoms with van der Waals surface area (Å²) in [7, 11) is 1.93. The van der Waals surface area contributed by atoms with Crippen molar-refractivity contribution < 1.29 is 9.53 Å². The third-order valence-corrected chi connectivity index (χ3v) is 5.90. The number of carbonyl (C=O) groups is 1. The minimum absolute atomic E-state index is 0.0657. The topological polar surface area (TPSA) is 59.7 Å². The predicted molar refractivity (Wildman–Crippen MR) is 113 cm³/mol. The van der Waals surface area contributed by atoms with E-state index in [1.165, 1.54) is 0 Å². The summed E-state index contributed by atoms with van der Waals surface area (Å²) in [5, 5.41) is 0. The number of benzene rings is 2. The van der Waals surface area contributed by atoms with Gasteiger partial charge in [0.1, 0.15) is 11.9 Å². The van der Waals surface area contributed by atoms with Crippen LogP contribution in [0.5, 0.6) is 11.8 Å². The molecule has 0 radical (unpaired) electrons. The van der Waals surface area contributed by atoms with Crippen LogP contribution in [0.1, 0.15) is 13.8 Å². The van der Waals surface area contributed by atoms with Gasteiger partial charge in [-0.1, -0.05) is 32.1 Å². The van der Waals surface area contributed by atoms with Gasteiger partial charge in [0, 0.05) is 24.9 Å². The summed E-state index contributed by atoms with van der Waals surface area (Å²) in [6.45, 7) is 3.97. The third-order valence-electron chi connectivity index (χ3n) is 5.90. The molecule has 0 bridgehead atoms. The highest BCUT2D eigenvalue weighted by Gasteiger charge is 2.53. The second-order valence-electron chi connectivity index (χ2n) is 8.06. The summed E-state index contributed by atoms with van der Waals surface area (Å²) in [5.41, 5.74) is 2.24. The number of allylic oxidation sites excluding steroid dienone is 1. The maximum absolute atomic E-state index is 13.1. The second kappa shape index (κ2) is 6.30. The van der Waals surface area contributed by atoms with E-state index in [9.17, 15) is 4.79 Å². The molecule has 0 aliphatic carbocycles. The Morgan fingerprint density at radius 1 is 1.07 bits per heavy atom. The van der Waals surface area contributed by atoms with Gasteiger partial charge in [-0.25, -0.2) is 0 Å². The van der Waals surface area contributed by atoms with Crippen LogP contribution in [0.15, 0.2) is 65.7 Å². The van der Waals surface area contributed by atoms with E-state index in [2.05, 4.69) is 16.1 Å². The van der Waals surface area contributed by atoms with Crippen molar-refractivity contribution in [1.82, 2.24) is 9.55 Å². The van der Waals surface area contributed by atoms with Crippen LogP contribution in [-0.4, -0.2) is 27.8 Å². The molecule has 29 heavy (non-hydrogen) atoms. The van der Waals surface area contributed by atoms with Gasteiger partial charge in [0.2, 0.25) is 5.91 Å². The molecule has 6 heteroatoms. The van der Waals surface area contributed by atoms with Crippen LogP contribution in [0.3, 0.4) is 0 Å². The standard InChI is InChI=1S/C23H22N4O2/c1-23(2)17-7-6-14-24-20(17)27(21(23)28)15-10-12-16(13-11-15)29-22-25-18-8-4-5-9-19(18)26(22)3/h4-14,17,20H,1-3H3. The Morgan fingerprint density at radius 3 is 2.59 bits per heavy atom. The van der Waals surface area contributed by atoms with Crippen LogP contribution in [0.25, 0.3) is 11.0 Å². The summed E-state index contributed by atoms with van der Waals surface area (Å²) in [6.07, 6.45) is 5.58. The molecule has 0 saturated carbocycles. The first-order valence-electron chi connectivity index (χ1n) is 9.70. The number of amides is 1. The molecule has 3 aromatic rings. The van der Waals surface area contributed by atoms with Gasteiger partial charge in [-0.3, -0.25) is 19.3 Å². The number of fused-ring (bicyclic) bond motifs is 2. The lowest BCUT2D eigenvalue weighted by molar-refractivity contribution is -0.124. The monoisotopic (exact) mass is 386 g/mol. The summed E-state index contributed by atoms with van der Waals surface area (Å²) in [5.74, 6) is 0.817. The Morgan fingerprint density at radius 2 is 1.83 bits per heavy atom. The van der Waals surface area contributed by atoms with Gasteiger partial charge in [-0.2, -0.15) is 4.98 Å². The average molecular weight is 386 g/mol. The van der Waals surface area contributed by atoms with Gasteiger partial charge in [0.25, 0.3) is 0 Å². The third kappa shape index (κ3) is 2.67. The largest absolute Gasteiger partial charge is 0.425 e. The lowest BCUT2D eigenvalue weighted by Gasteiger charge is -2.25. The molecule has 5 rings (SSSR count). The minimum Gasteiger partial charge on any atom is -0.425 e. The van der Waals surface area contributed by atoms with Crippen LogP contribution in [0, 0.1) is 11.3 Å². The highest BCUT2D eigenvalue weighted by Crippen LogP contribution is 2.45. The number of para-hydroxylation sites is 2. The van der Waals surface area contributed by atoms with Gasteiger partial charge in [0.05, 0.1) is 16.4 Å². The summed E-state index contributed by atoms with van der Waals surface area (Å²) in [6, 6.07) is 16.0. The predicted octanol–water partition coefficient (Wildman–Crippen LogP) is 4.32. The van der Waals surface area contributed by atoms with Gasteiger partial charge >= 0.3 is 6.01 Å². The molecule has 2 aliphatic rings. The highest BCUT2D eigenvalue weighted by molar-refractivity contribution is 6.01. The molecule has 6 nitrogen and oxygen atoms in total. The molecule has 1 amide bonds. The number of carbonyl (C=O) groups excluding carboxylic acids is 1. The fourth-order valence-electron chi connectivity index (χ4n) is 4.18. The normalized spacial score (nSPS) is 22.3. The first kappa shape index (κ1) is 17.7. The van der Waals surface area contributed by atoms with Gasteiger partial charge < -0.3 is 4.74 Å². The van der Waals surface area contributed by atoms with Crippen LogP contribution in [0.2, 0.25) is 0 Å². The molecule has 1 aromatic heterocycles. The molecule has 2 aromatic carbocycles. The molecule has 0 N–H and O–H groups in total. The van der Waals surface area contributed by atoms with E-state index in [0.717, 1.165) is 16.7 Å². The number of ether oxygens (including phenoxy) is 1. The molecular weight excluding hydrogens is 364 g/mol. The van der Waals surface area contributed by atoms with Crippen molar-refractivity contribution in [3.63, 3.8) is 0 Å². The molecule has 0 spiro atoms. The average Bonchev–Trinajstić information content (AvgIpc) is 3.15. The van der Waals surface area contributed by atoms with E-state index in [-0.39, 0.29) is 18.0 Å². The van der Waals surface area contributed by atoms with E-state index < -0.39 is 5.41 Å². The Balaban J connectivity index is 1.43. The second-order valence-corrected chi connectivity index (χ2v) is 8.06. The fraction of sp³-hybridized carbons (Fsp3) is 0.261. The molecule has 3 heterocycles. The number of rotatable bonds is 3. The molecule has 2 aliphatic heterocycles. The zero-order valence-electron chi connectivity index (χ0n) is 16.6. The molecular formula is C23H22N4O2. The zero-order chi connectivity index (χ0) is 20.2. The van der Waals surface area contributed by atoms with Crippen molar-refractivity contribution in [2.45, 2.75) is 20.0 Å². The molecule has 146 valence electrons. The van der Waals surface area contributed by atoms with Gasteiger partial charge in [0.15, 0.2) is 0 Å². The summed E-state index contributed by atoms with van der Waals surface area (Å²) >= 11 is 0. The van der Waals surface area contributed by atoms with Gasteiger partial charge in [-0.15, -0.1) is 0 Å². The van der Waals surface area contributed by atoms with E-state index in [4.69, 9.17) is 4.74 Å². The van der Waals surface area contributed by atoms with E-state index in [1.807, 2.05) is 80.1 Å². The number of dihydropyridines is 1. The molecule has 1 saturated heterocycles. The molecule has 2 atom stereocenters. The number of imidazole rings is 1. The van der Waals surface area contributed by atoms with Crippen molar-refractivity contribution in [3.8, 4) is 11.8 Å². The van der Waals surface area contributed by atoms with Crippen molar-refractivity contribution in [2.75, 3.05) is 4.90 Å². The van der Waals surface area contributed by atoms with Crippen molar-refractivity contribution >= 4 is 28.8 Å². The lowest BCUT2D eigenvalue weighted by atomic mass is 9.79. The minimum atomic E-state index is -0.485. The number of aliphatic imine (C=N–C) groups is 1. The van der Waals surface area contributed by atoms with Crippen LogP contribution < -0.4 is 9.64 Å². The van der Waals surface area contributed by atoms with Crippen LogP contribution >= 0.6 is 0 Å². The fourth-order valence-corrected chi connectivity index (χ4v) is 4.18.